The van der Waals surface area contributed by atoms with E-state index in [2.05, 4.69) is 15.2 Å². The molecule has 0 aliphatic carbocycles. The Bertz CT molecular complexity index is 257. The Labute approximate surface area is 63.5 Å². The molecule has 11 heavy (non-hydrogen) atoms. The lowest BCUT2D eigenvalue weighted by Gasteiger charge is -1.94. The highest BCUT2D eigenvalue weighted by atomic mass is 16.7. The van der Waals surface area contributed by atoms with Gasteiger partial charge in [0.2, 0.25) is 0 Å². The van der Waals surface area contributed by atoms with E-state index in [1.54, 1.807) is 14.1 Å². The lowest BCUT2D eigenvalue weighted by Crippen LogP contribution is -2.26. The van der Waals surface area contributed by atoms with Crippen molar-refractivity contribution in [2.75, 3.05) is 30.5 Å². The van der Waals surface area contributed by atoms with Gasteiger partial charge in [0.05, 0.1) is 7.05 Å². The molecule has 0 bridgehead atoms. The molecule has 1 heterocycles. The Morgan fingerprint density at radius 2 is 2.09 bits per heavy atom. The van der Waals surface area contributed by atoms with Crippen LogP contribution in [-0.4, -0.2) is 14.1 Å². The predicted molar refractivity (Wildman–Crippen MR) is 41.2 cm³/mol. The lowest BCUT2D eigenvalue weighted by atomic mass is 10.5. The Balaban J connectivity index is 3.14. The molecule has 0 unspecified atom stereocenters. The van der Waals surface area contributed by atoms with E-state index in [1.807, 2.05) is 0 Å². The minimum Gasteiger partial charge on any atom is -0.421 e. The van der Waals surface area contributed by atoms with Crippen LogP contribution in [0.2, 0.25) is 0 Å². The first-order chi connectivity index (χ1) is 5.20. The summed E-state index contributed by atoms with van der Waals surface area (Å²) in [7, 11) is 3.21. The Morgan fingerprint density at radius 3 is 2.36 bits per heavy atom. The van der Waals surface area contributed by atoms with Crippen molar-refractivity contribution >= 4 is 17.4 Å². The zero-order valence-electron chi connectivity index (χ0n) is 6.34. The summed E-state index contributed by atoms with van der Waals surface area (Å²) in [6.07, 6.45) is 0. The highest BCUT2D eigenvalue weighted by Gasteiger charge is 2.14. The van der Waals surface area contributed by atoms with E-state index in [9.17, 15) is 5.21 Å². The van der Waals surface area contributed by atoms with E-state index in [-0.39, 0.29) is 17.4 Å². The predicted octanol–water partition coefficient (Wildman–Crippen LogP) is -0.421. The summed E-state index contributed by atoms with van der Waals surface area (Å²) < 4.78 is 4.65. The molecule has 0 aromatic carbocycles. The van der Waals surface area contributed by atoms with Crippen LogP contribution < -0.4 is 21.3 Å². The largest absolute Gasteiger partial charge is 0.421 e. The van der Waals surface area contributed by atoms with Crippen LogP contribution in [0.25, 0.3) is 0 Å². The molecule has 1 aromatic rings. The maximum absolute atomic E-state index is 10.8. The molecule has 0 amide bonds. The van der Waals surface area contributed by atoms with Crippen molar-refractivity contribution in [2.24, 2.45) is 0 Å². The van der Waals surface area contributed by atoms with Gasteiger partial charge in [-0.2, -0.15) is 0 Å². The molecule has 62 valence electrons. The molecule has 1 rings (SSSR count). The number of nitrogens with two attached hydrogens (primary N) is 1. The van der Waals surface area contributed by atoms with E-state index >= 15 is 0 Å². The van der Waals surface area contributed by atoms with Crippen molar-refractivity contribution in [3.8, 4) is 0 Å². The standard InChI is InChI=1S/C5H10N4O2/c1-7-4-3(6)5(8-2)11-9(4)10/h7-8H,6H2,1-2H3. The molecule has 6 heteroatoms. The molecule has 0 aliphatic heterocycles. The maximum Gasteiger partial charge on any atom is 0.341 e. The molecule has 0 atom stereocenters. The summed E-state index contributed by atoms with van der Waals surface area (Å²) in [6, 6.07) is 0. The highest BCUT2D eigenvalue weighted by Crippen LogP contribution is 2.23. The van der Waals surface area contributed by atoms with E-state index < -0.39 is 0 Å². The number of anilines is 3. The van der Waals surface area contributed by atoms with Gasteiger partial charge in [-0.25, -0.2) is 0 Å². The van der Waals surface area contributed by atoms with Gasteiger partial charge in [-0.05, 0) is 4.90 Å². The average Bonchev–Trinajstić information content (AvgIpc) is 2.26. The molecular formula is C5H10N4O2. The zero-order chi connectivity index (χ0) is 8.43. The van der Waals surface area contributed by atoms with Crippen LogP contribution in [0.15, 0.2) is 4.52 Å². The second-order valence-electron chi connectivity index (χ2n) is 1.94. The van der Waals surface area contributed by atoms with E-state index in [4.69, 9.17) is 5.73 Å². The number of nitrogen functional groups attached to an aromatic ring is 1. The molecule has 0 saturated heterocycles. The van der Waals surface area contributed by atoms with Gasteiger partial charge < -0.3 is 20.8 Å². The van der Waals surface area contributed by atoms with Gasteiger partial charge in [-0.1, -0.05) is 0 Å². The molecule has 0 aliphatic rings. The van der Waals surface area contributed by atoms with Crippen molar-refractivity contribution < 1.29 is 9.43 Å². The Kier molecular flexibility index (Phi) is 1.75. The molecule has 1 aromatic heterocycles. The quantitative estimate of drug-likeness (QED) is 0.508. The van der Waals surface area contributed by atoms with Crippen molar-refractivity contribution in [1.29, 1.82) is 0 Å². The van der Waals surface area contributed by atoms with Gasteiger partial charge in [0.1, 0.15) is 5.88 Å². The van der Waals surface area contributed by atoms with E-state index in [0.717, 1.165) is 0 Å². The molecule has 6 nitrogen and oxygen atoms in total. The minimum atomic E-state index is 0.217. The first-order valence-electron chi connectivity index (χ1n) is 3.08. The van der Waals surface area contributed by atoms with Gasteiger partial charge in [-0.15, -0.1) is 0 Å². The highest BCUT2D eigenvalue weighted by molar-refractivity contribution is 5.70. The fourth-order valence-corrected chi connectivity index (χ4v) is 0.790. The van der Waals surface area contributed by atoms with Gasteiger partial charge in [0.15, 0.2) is 5.69 Å². The zero-order valence-corrected chi connectivity index (χ0v) is 6.34. The average molecular weight is 158 g/mol. The second-order valence-corrected chi connectivity index (χ2v) is 1.94. The normalized spacial score (nSPS) is 9.64. The van der Waals surface area contributed by atoms with Crippen LogP contribution >= 0.6 is 0 Å². The summed E-state index contributed by atoms with van der Waals surface area (Å²) in [5.74, 6) is 0.485. The molecular weight excluding hydrogens is 148 g/mol. The Hall–Kier alpha value is -1.59. The van der Waals surface area contributed by atoms with Crippen molar-refractivity contribution in [1.82, 2.24) is 0 Å². The SMILES string of the molecule is CNc1o[n+]([O-])c(NC)c1N. The molecule has 4 N–H and O–H groups in total. The number of hydrogen-bond acceptors (Lipinski definition) is 5. The van der Waals surface area contributed by atoms with Gasteiger partial charge in [0.25, 0.3) is 0 Å². The third-order valence-corrected chi connectivity index (χ3v) is 1.32. The fraction of sp³-hybridized carbons (Fsp3) is 0.400. The summed E-state index contributed by atoms with van der Waals surface area (Å²) >= 11 is 0. The summed E-state index contributed by atoms with van der Waals surface area (Å²) in [6.45, 7) is 0. The number of nitrogens with one attached hydrogen (secondary N) is 2. The van der Waals surface area contributed by atoms with Crippen LogP contribution in [0.5, 0.6) is 0 Å². The third kappa shape index (κ3) is 1.02. The minimum absolute atomic E-state index is 0.217. The van der Waals surface area contributed by atoms with Crippen LogP contribution in [-0.2, 0) is 0 Å². The maximum atomic E-state index is 10.8. The van der Waals surface area contributed by atoms with Crippen molar-refractivity contribution in [3.63, 3.8) is 0 Å². The number of hydrogen-bond donors (Lipinski definition) is 3. The first-order valence-corrected chi connectivity index (χ1v) is 3.08. The van der Waals surface area contributed by atoms with Gasteiger partial charge in [-0.3, -0.25) is 5.32 Å². The van der Waals surface area contributed by atoms with Crippen LogP contribution in [0, 0.1) is 5.21 Å². The molecule has 0 spiro atoms. The third-order valence-electron chi connectivity index (χ3n) is 1.32. The van der Waals surface area contributed by atoms with E-state index in [1.165, 1.54) is 0 Å². The number of nitrogens with zero attached hydrogens (tertiary/aromatic N) is 1. The van der Waals surface area contributed by atoms with E-state index in [0.29, 0.717) is 4.90 Å². The Morgan fingerprint density at radius 1 is 1.45 bits per heavy atom. The number of rotatable bonds is 2. The van der Waals surface area contributed by atoms with Gasteiger partial charge >= 0.3 is 5.82 Å². The molecule has 0 radical (unpaired) electrons. The monoisotopic (exact) mass is 158 g/mol. The lowest BCUT2D eigenvalue weighted by molar-refractivity contribution is -0.778. The number of aromatic nitrogens is 1. The van der Waals surface area contributed by atoms with Gasteiger partial charge in [0, 0.05) is 7.05 Å². The summed E-state index contributed by atoms with van der Waals surface area (Å²) in [5.41, 5.74) is 5.77. The molecule has 0 fully saturated rings. The summed E-state index contributed by atoms with van der Waals surface area (Å²) in [5, 5.41) is 16.1. The van der Waals surface area contributed by atoms with Crippen LogP contribution in [0.3, 0.4) is 0 Å². The summed E-state index contributed by atoms with van der Waals surface area (Å²) in [4.78, 5) is 0.321. The van der Waals surface area contributed by atoms with Crippen molar-refractivity contribution in [3.05, 3.63) is 5.21 Å². The second kappa shape index (κ2) is 2.57. The fourth-order valence-electron chi connectivity index (χ4n) is 0.790. The molecule has 0 saturated carbocycles. The van der Waals surface area contributed by atoms with Crippen LogP contribution in [0.1, 0.15) is 0 Å². The van der Waals surface area contributed by atoms with Crippen molar-refractivity contribution in [2.45, 2.75) is 0 Å². The topological polar surface area (TPSA) is 90.2 Å². The first kappa shape index (κ1) is 7.52. The smallest absolute Gasteiger partial charge is 0.341 e. The van der Waals surface area contributed by atoms with Crippen LogP contribution in [0.4, 0.5) is 17.4 Å².